The topological polar surface area (TPSA) is 17.1 Å². The molecule has 2 aliphatic rings. The summed E-state index contributed by atoms with van der Waals surface area (Å²) in [5.74, 6) is 2.48. The molecule has 98 valence electrons. The van der Waals surface area contributed by atoms with Crippen LogP contribution >= 0.6 is 0 Å². The van der Waals surface area contributed by atoms with Crippen LogP contribution in [0.5, 0.6) is 0 Å². The minimum Gasteiger partial charge on any atom is -0.299 e. The second-order valence-electron chi connectivity index (χ2n) is 6.23. The summed E-state index contributed by atoms with van der Waals surface area (Å²) in [6.07, 6.45) is 14.0. The van der Waals surface area contributed by atoms with Gasteiger partial charge in [0.25, 0.3) is 0 Å². The van der Waals surface area contributed by atoms with Gasteiger partial charge in [-0.15, -0.1) is 0 Å². The minimum absolute atomic E-state index is 0.427. The Bertz CT molecular complexity index is 240. The molecule has 1 nitrogen and oxygen atoms in total. The molecule has 0 saturated heterocycles. The third kappa shape index (κ3) is 3.56. The number of carbonyl (C=O) groups excluding carboxylic acids is 1. The van der Waals surface area contributed by atoms with Gasteiger partial charge in [-0.2, -0.15) is 0 Å². The highest BCUT2D eigenvalue weighted by Gasteiger charge is 2.30. The second-order valence-corrected chi connectivity index (χ2v) is 6.23. The number of carbonyl (C=O) groups is 1. The molecule has 0 aromatic rings. The molecule has 2 aliphatic carbocycles. The SMILES string of the molecule is CCC1CCCCC1C(=O)CC1CCCCC1. The zero-order chi connectivity index (χ0) is 12.1. The Balaban J connectivity index is 1.84. The Morgan fingerprint density at radius 1 is 0.941 bits per heavy atom. The fraction of sp³-hybridized carbons (Fsp3) is 0.938. The molecule has 17 heavy (non-hydrogen) atoms. The van der Waals surface area contributed by atoms with Crippen LogP contribution in [0.25, 0.3) is 0 Å². The summed E-state index contributed by atoms with van der Waals surface area (Å²) in [4.78, 5) is 12.4. The quantitative estimate of drug-likeness (QED) is 0.689. The van der Waals surface area contributed by atoms with E-state index in [1.165, 1.54) is 64.2 Å². The van der Waals surface area contributed by atoms with E-state index in [1.54, 1.807) is 0 Å². The fourth-order valence-electron chi connectivity index (χ4n) is 3.95. The van der Waals surface area contributed by atoms with Gasteiger partial charge in [-0.05, 0) is 24.7 Å². The zero-order valence-corrected chi connectivity index (χ0v) is 11.4. The molecule has 1 heteroatoms. The van der Waals surface area contributed by atoms with E-state index < -0.39 is 0 Å². The first-order valence-corrected chi connectivity index (χ1v) is 7.84. The molecule has 0 aliphatic heterocycles. The lowest BCUT2D eigenvalue weighted by atomic mass is 9.73. The highest BCUT2D eigenvalue weighted by Crippen LogP contribution is 2.36. The van der Waals surface area contributed by atoms with Gasteiger partial charge in [0.1, 0.15) is 5.78 Å². The zero-order valence-electron chi connectivity index (χ0n) is 11.4. The molecular weight excluding hydrogens is 208 g/mol. The summed E-state index contributed by atoms with van der Waals surface area (Å²) in [6.45, 7) is 2.26. The van der Waals surface area contributed by atoms with E-state index in [0.29, 0.717) is 17.6 Å². The maximum absolute atomic E-state index is 12.4. The summed E-state index contributed by atoms with van der Waals surface area (Å²) in [6, 6.07) is 0. The molecule has 2 fully saturated rings. The van der Waals surface area contributed by atoms with Gasteiger partial charge in [0.2, 0.25) is 0 Å². The first kappa shape index (κ1) is 13.1. The van der Waals surface area contributed by atoms with Crippen molar-refractivity contribution in [2.45, 2.75) is 77.6 Å². The van der Waals surface area contributed by atoms with Gasteiger partial charge in [-0.25, -0.2) is 0 Å². The Kier molecular flexibility index (Phi) is 5.06. The molecule has 0 aromatic heterocycles. The molecule has 0 N–H and O–H groups in total. The lowest BCUT2D eigenvalue weighted by Gasteiger charge is -2.31. The van der Waals surface area contributed by atoms with Crippen molar-refractivity contribution in [2.75, 3.05) is 0 Å². The van der Waals surface area contributed by atoms with E-state index in [4.69, 9.17) is 0 Å². The molecular formula is C16H28O. The standard InChI is InChI=1S/C16H28O/c1-2-14-10-6-7-11-15(14)16(17)12-13-8-4-3-5-9-13/h13-15H,2-12H2,1H3. The Hall–Kier alpha value is -0.330. The summed E-state index contributed by atoms with van der Waals surface area (Å²) in [5.41, 5.74) is 0. The van der Waals surface area contributed by atoms with Gasteiger partial charge in [0.05, 0.1) is 0 Å². The Morgan fingerprint density at radius 2 is 1.59 bits per heavy atom. The average molecular weight is 236 g/mol. The maximum atomic E-state index is 12.4. The number of ketones is 1. The van der Waals surface area contributed by atoms with Crippen molar-refractivity contribution in [1.82, 2.24) is 0 Å². The molecule has 0 radical (unpaired) electrons. The summed E-state index contributed by atoms with van der Waals surface area (Å²) in [5, 5.41) is 0. The van der Waals surface area contributed by atoms with Crippen molar-refractivity contribution in [3.8, 4) is 0 Å². The van der Waals surface area contributed by atoms with Crippen molar-refractivity contribution in [2.24, 2.45) is 17.8 Å². The molecule has 2 atom stereocenters. The van der Waals surface area contributed by atoms with Gasteiger partial charge in [-0.1, -0.05) is 58.3 Å². The van der Waals surface area contributed by atoms with Gasteiger partial charge >= 0.3 is 0 Å². The van der Waals surface area contributed by atoms with Crippen LogP contribution in [0.4, 0.5) is 0 Å². The van der Waals surface area contributed by atoms with Gasteiger partial charge in [0.15, 0.2) is 0 Å². The normalized spacial score (nSPS) is 31.4. The summed E-state index contributed by atoms with van der Waals surface area (Å²) < 4.78 is 0. The molecule has 0 aromatic carbocycles. The Labute approximate surface area is 106 Å². The van der Waals surface area contributed by atoms with Crippen LogP contribution in [-0.2, 0) is 4.79 Å². The minimum atomic E-state index is 0.427. The number of rotatable bonds is 4. The summed E-state index contributed by atoms with van der Waals surface area (Å²) in [7, 11) is 0. The smallest absolute Gasteiger partial charge is 0.136 e. The molecule has 0 spiro atoms. The largest absolute Gasteiger partial charge is 0.299 e. The molecule has 0 amide bonds. The third-order valence-electron chi connectivity index (χ3n) is 5.06. The van der Waals surface area contributed by atoms with Crippen LogP contribution in [-0.4, -0.2) is 5.78 Å². The van der Waals surface area contributed by atoms with Crippen molar-refractivity contribution in [1.29, 1.82) is 0 Å². The van der Waals surface area contributed by atoms with Gasteiger partial charge in [-0.3, -0.25) is 4.79 Å². The van der Waals surface area contributed by atoms with Crippen molar-refractivity contribution >= 4 is 5.78 Å². The van der Waals surface area contributed by atoms with E-state index in [9.17, 15) is 4.79 Å². The van der Waals surface area contributed by atoms with E-state index in [-0.39, 0.29) is 0 Å². The highest BCUT2D eigenvalue weighted by atomic mass is 16.1. The lowest BCUT2D eigenvalue weighted by Crippen LogP contribution is -2.28. The van der Waals surface area contributed by atoms with Crippen molar-refractivity contribution in [3.63, 3.8) is 0 Å². The first-order valence-electron chi connectivity index (χ1n) is 7.84. The van der Waals surface area contributed by atoms with Crippen LogP contribution in [0.2, 0.25) is 0 Å². The van der Waals surface area contributed by atoms with Gasteiger partial charge in [0, 0.05) is 12.3 Å². The monoisotopic (exact) mass is 236 g/mol. The first-order chi connectivity index (χ1) is 8.31. The van der Waals surface area contributed by atoms with Crippen LogP contribution in [0.15, 0.2) is 0 Å². The van der Waals surface area contributed by atoms with E-state index in [2.05, 4.69) is 6.92 Å². The lowest BCUT2D eigenvalue weighted by molar-refractivity contribution is -0.126. The second kappa shape index (κ2) is 6.56. The molecule has 2 rings (SSSR count). The number of Topliss-reactive ketones (excluding diaryl/α,β-unsaturated/α-hetero) is 1. The highest BCUT2D eigenvalue weighted by molar-refractivity contribution is 5.81. The maximum Gasteiger partial charge on any atom is 0.136 e. The van der Waals surface area contributed by atoms with Crippen molar-refractivity contribution < 1.29 is 4.79 Å². The van der Waals surface area contributed by atoms with Gasteiger partial charge < -0.3 is 0 Å². The van der Waals surface area contributed by atoms with E-state index >= 15 is 0 Å². The molecule has 2 unspecified atom stereocenters. The van der Waals surface area contributed by atoms with Crippen LogP contribution in [0.3, 0.4) is 0 Å². The third-order valence-corrected chi connectivity index (χ3v) is 5.06. The summed E-state index contributed by atoms with van der Waals surface area (Å²) >= 11 is 0. The van der Waals surface area contributed by atoms with E-state index in [1.807, 2.05) is 0 Å². The van der Waals surface area contributed by atoms with Crippen molar-refractivity contribution in [3.05, 3.63) is 0 Å². The fourth-order valence-corrected chi connectivity index (χ4v) is 3.95. The van der Waals surface area contributed by atoms with Crippen LogP contribution in [0.1, 0.15) is 77.6 Å². The predicted molar refractivity (Wildman–Crippen MR) is 71.9 cm³/mol. The van der Waals surface area contributed by atoms with E-state index in [0.717, 1.165) is 12.3 Å². The Morgan fingerprint density at radius 3 is 2.29 bits per heavy atom. The molecule has 0 heterocycles. The van der Waals surface area contributed by atoms with Crippen LogP contribution in [0, 0.1) is 17.8 Å². The number of hydrogen-bond donors (Lipinski definition) is 0. The number of hydrogen-bond acceptors (Lipinski definition) is 1. The molecule has 0 bridgehead atoms. The molecule has 2 saturated carbocycles. The van der Waals surface area contributed by atoms with Crippen LogP contribution < -0.4 is 0 Å². The average Bonchev–Trinajstić information content (AvgIpc) is 2.40. The predicted octanol–water partition coefficient (Wildman–Crippen LogP) is 4.74.